The van der Waals surface area contributed by atoms with Crippen molar-refractivity contribution in [3.05, 3.63) is 47.0 Å². The number of aromatic nitrogens is 3. The number of thioether (sulfide) groups is 1. The summed E-state index contributed by atoms with van der Waals surface area (Å²) in [5.41, 5.74) is 4.01. The number of benzene rings is 2. The molecule has 11 heteroatoms. The van der Waals surface area contributed by atoms with Crippen LogP contribution in [0.5, 0.6) is 17.2 Å². The molecule has 1 aromatic heterocycles. The quantitative estimate of drug-likeness (QED) is 0.287. The molecule has 9 nitrogen and oxygen atoms in total. The summed E-state index contributed by atoms with van der Waals surface area (Å²) in [6, 6.07) is 10.8. The number of halogens is 1. The van der Waals surface area contributed by atoms with Gasteiger partial charge in [-0.15, -0.1) is 10.2 Å². The van der Waals surface area contributed by atoms with Crippen LogP contribution in [0.15, 0.2) is 46.7 Å². The van der Waals surface area contributed by atoms with Crippen molar-refractivity contribution in [1.82, 2.24) is 20.2 Å². The highest BCUT2D eigenvalue weighted by Crippen LogP contribution is 2.37. The molecule has 32 heavy (non-hydrogen) atoms. The molecule has 0 aliphatic heterocycles. The van der Waals surface area contributed by atoms with Gasteiger partial charge in [0.1, 0.15) is 0 Å². The molecule has 0 aliphatic rings. The first-order valence-corrected chi connectivity index (χ1v) is 10.7. The van der Waals surface area contributed by atoms with Gasteiger partial charge in [-0.2, -0.15) is 5.10 Å². The highest BCUT2D eigenvalue weighted by Gasteiger charge is 2.14. The van der Waals surface area contributed by atoms with E-state index >= 15 is 0 Å². The molecular weight excluding hydrogens is 454 g/mol. The maximum Gasteiger partial charge on any atom is 0.250 e. The van der Waals surface area contributed by atoms with Gasteiger partial charge < -0.3 is 18.8 Å². The van der Waals surface area contributed by atoms with Gasteiger partial charge >= 0.3 is 0 Å². The molecule has 0 unspecified atom stereocenters. The van der Waals surface area contributed by atoms with Crippen LogP contribution >= 0.6 is 23.4 Å². The fraction of sp³-hybridized carbons (Fsp3) is 0.238. The number of nitrogens with zero attached hydrogens (tertiary/aromatic N) is 4. The normalized spacial score (nSPS) is 10.9. The maximum atomic E-state index is 12.2. The number of carbonyl (C=O) groups excluding carboxylic acids is 1. The Balaban J connectivity index is 1.60. The van der Waals surface area contributed by atoms with E-state index in [1.54, 1.807) is 18.2 Å². The minimum Gasteiger partial charge on any atom is -0.493 e. The Bertz CT molecular complexity index is 1110. The molecule has 0 saturated heterocycles. The second kappa shape index (κ2) is 10.9. The summed E-state index contributed by atoms with van der Waals surface area (Å²) in [4.78, 5) is 12.2. The smallest absolute Gasteiger partial charge is 0.250 e. The third-order valence-corrected chi connectivity index (χ3v) is 5.60. The van der Waals surface area contributed by atoms with E-state index in [9.17, 15) is 4.79 Å². The Hall–Kier alpha value is -3.24. The Kier molecular flexibility index (Phi) is 7.96. The number of ether oxygens (including phenoxy) is 3. The van der Waals surface area contributed by atoms with Crippen LogP contribution in [-0.4, -0.2) is 54.0 Å². The van der Waals surface area contributed by atoms with Gasteiger partial charge in [0.2, 0.25) is 5.75 Å². The molecule has 0 radical (unpaired) electrons. The molecule has 0 bridgehead atoms. The van der Waals surface area contributed by atoms with Crippen LogP contribution in [0.25, 0.3) is 11.4 Å². The second-order valence-corrected chi connectivity index (χ2v) is 7.80. The topological polar surface area (TPSA) is 99.9 Å². The molecule has 0 saturated carbocycles. The van der Waals surface area contributed by atoms with Crippen LogP contribution in [0, 0.1) is 0 Å². The fourth-order valence-electron chi connectivity index (χ4n) is 2.84. The average Bonchev–Trinajstić information content (AvgIpc) is 3.17. The predicted molar refractivity (Wildman–Crippen MR) is 124 cm³/mol. The van der Waals surface area contributed by atoms with Crippen molar-refractivity contribution in [3.8, 4) is 28.6 Å². The van der Waals surface area contributed by atoms with E-state index in [0.29, 0.717) is 38.8 Å². The largest absolute Gasteiger partial charge is 0.493 e. The van der Waals surface area contributed by atoms with Crippen LogP contribution in [-0.2, 0) is 11.8 Å². The number of hydrogen-bond donors (Lipinski definition) is 1. The van der Waals surface area contributed by atoms with Crippen molar-refractivity contribution in [2.24, 2.45) is 12.1 Å². The summed E-state index contributed by atoms with van der Waals surface area (Å²) in [6.07, 6.45) is 1.49. The van der Waals surface area contributed by atoms with E-state index in [1.165, 1.54) is 39.3 Å². The van der Waals surface area contributed by atoms with Gasteiger partial charge in [0.15, 0.2) is 22.5 Å². The first-order valence-electron chi connectivity index (χ1n) is 9.36. The SMILES string of the molecule is COc1cc(C=NNC(=O)CSc2nnc(-c3cccc(Cl)c3)n2C)cc(OC)c1OC. The van der Waals surface area contributed by atoms with E-state index in [1.807, 2.05) is 29.8 Å². The van der Waals surface area contributed by atoms with Gasteiger partial charge in [-0.25, -0.2) is 5.43 Å². The molecular formula is C21H22ClN5O4S. The molecule has 1 amide bonds. The zero-order valence-corrected chi connectivity index (χ0v) is 19.5. The van der Waals surface area contributed by atoms with Crippen molar-refractivity contribution in [3.63, 3.8) is 0 Å². The summed E-state index contributed by atoms with van der Waals surface area (Å²) in [6.45, 7) is 0. The number of hydrogen-bond acceptors (Lipinski definition) is 8. The standard InChI is InChI=1S/C21H22ClN5O4S/c1-27-20(14-6-5-7-15(22)10-14)25-26-21(27)32-12-18(28)24-23-11-13-8-16(29-2)19(31-4)17(9-13)30-3/h5-11H,12H2,1-4H3,(H,24,28). The molecule has 0 fully saturated rings. The van der Waals surface area contributed by atoms with E-state index in [2.05, 4.69) is 20.7 Å². The van der Waals surface area contributed by atoms with Gasteiger partial charge in [0.25, 0.3) is 5.91 Å². The second-order valence-electron chi connectivity index (χ2n) is 6.42. The lowest BCUT2D eigenvalue weighted by molar-refractivity contribution is -0.118. The number of rotatable bonds is 9. The first kappa shape index (κ1) is 23.4. The summed E-state index contributed by atoms with van der Waals surface area (Å²) in [5.74, 6) is 1.96. The van der Waals surface area contributed by atoms with Gasteiger partial charge in [-0.05, 0) is 24.3 Å². The van der Waals surface area contributed by atoms with Crippen molar-refractivity contribution < 1.29 is 19.0 Å². The lowest BCUT2D eigenvalue weighted by Gasteiger charge is -2.12. The third kappa shape index (κ3) is 5.51. The molecule has 0 spiro atoms. The minimum atomic E-state index is -0.286. The predicted octanol–water partition coefficient (Wildman–Crippen LogP) is 3.40. The van der Waals surface area contributed by atoms with Crippen LogP contribution in [0.2, 0.25) is 5.02 Å². The summed E-state index contributed by atoms with van der Waals surface area (Å²) < 4.78 is 17.7. The Morgan fingerprint density at radius 1 is 1.16 bits per heavy atom. The number of hydrazone groups is 1. The lowest BCUT2D eigenvalue weighted by Crippen LogP contribution is -2.19. The maximum absolute atomic E-state index is 12.2. The van der Waals surface area contributed by atoms with Gasteiger partial charge in [0, 0.05) is 23.2 Å². The number of nitrogens with one attached hydrogen (secondary N) is 1. The highest BCUT2D eigenvalue weighted by atomic mass is 35.5. The third-order valence-electron chi connectivity index (χ3n) is 4.34. The Morgan fingerprint density at radius 2 is 1.88 bits per heavy atom. The van der Waals surface area contributed by atoms with Crippen molar-refractivity contribution in [2.75, 3.05) is 27.1 Å². The van der Waals surface area contributed by atoms with Gasteiger partial charge in [-0.3, -0.25) is 4.79 Å². The van der Waals surface area contributed by atoms with Gasteiger partial charge in [-0.1, -0.05) is 35.5 Å². The zero-order chi connectivity index (χ0) is 23.1. The van der Waals surface area contributed by atoms with E-state index in [4.69, 9.17) is 25.8 Å². The van der Waals surface area contributed by atoms with Crippen LogP contribution in [0.4, 0.5) is 0 Å². The molecule has 0 aliphatic carbocycles. The summed E-state index contributed by atoms with van der Waals surface area (Å²) in [7, 11) is 6.42. The highest BCUT2D eigenvalue weighted by molar-refractivity contribution is 7.99. The Morgan fingerprint density at radius 3 is 2.50 bits per heavy atom. The summed E-state index contributed by atoms with van der Waals surface area (Å²) >= 11 is 7.30. The molecule has 2 aromatic carbocycles. The molecule has 3 rings (SSSR count). The van der Waals surface area contributed by atoms with Crippen molar-refractivity contribution in [2.45, 2.75) is 5.16 Å². The first-order chi connectivity index (χ1) is 15.5. The van der Waals surface area contributed by atoms with Crippen LogP contribution in [0.3, 0.4) is 0 Å². The van der Waals surface area contributed by atoms with Crippen LogP contribution in [0.1, 0.15) is 5.56 Å². The van der Waals surface area contributed by atoms with E-state index in [-0.39, 0.29) is 11.7 Å². The number of carbonyl (C=O) groups is 1. The zero-order valence-electron chi connectivity index (χ0n) is 18.0. The van der Waals surface area contributed by atoms with Crippen molar-refractivity contribution in [1.29, 1.82) is 0 Å². The molecule has 168 valence electrons. The molecule has 0 atom stereocenters. The summed E-state index contributed by atoms with van der Waals surface area (Å²) in [5, 5.41) is 13.6. The van der Waals surface area contributed by atoms with E-state index in [0.717, 1.165) is 5.56 Å². The van der Waals surface area contributed by atoms with E-state index < -0.39 is 0 Å². The number of methoxy groups -OCH3 is 3. The molecule has 3 aromatic rings. The van der Waals surface area contributed by atoms with Gasteiger partial charge in [0.05, 0.1) is 33.3 Å². The minimum absolute atomic E-state index is 0.119. The molecule has 1 heterocycles. The lowest BCUT2D eigenvalue weighted by atomic mass is 10.2. The monoisotopic (exact) mass is 475 g/mol. The fourth-order valence-corrected chi connectivity index (χ4v) is 3.73. The van der Waals surface area contributed by atoms with Crippen molar-refractivity contribution >= 4 is 35.5 Å². The Labute approximate surface area is 194 Å². The average molecular weight is 476 g/mol. The van der Waals surface area contributed by atoms with Crippen LogP contribution < -0.4 is 19.6 Å². The molecule has 1 N–H and O–H groups in total. The number of amides is 1.